The smallest absolute Gasteiger partial charge is 0.00990 e. The molecule has 5 aromatic rings. The third-order valence-electron chi connectivity index (χ3n) is 4.74. The molecule has 0 N–H and O–H groups in total. The van der Waals surface area contributed by atoms with E-state index < -0.39 is 0 Å². The summed E-state index contributed by atoms with van der Waals surface area (Å²) in [4.78, 5) is 0. The minimum Gasteiger partial charge on any atom is -0.0616 e. The predicted molar refractivity (Wildman–Crippen MR) is 103 cm³/mol. The van der Waals surface area contributed by atoms with Crippen molar-refractivity contribution in [1.82, 2.24) is 0 Å². The Morgan fingerprint density at radius 3 is 2.21 bits per heavy atom. The molecule has 0 aromatic heterocycles. The van der Waals surface area contributed by atoms with Gasteiger partial charge in [-0.25, -0.2) is 0 Å². The van der Waals surface area contributed by atoms with E-state index in [9.17, 15) is 0 Å². The fourth-order valence-electron chi connectivity index (χ4n) is 3.49. The van der Waals surface area contributed by atoms with E-state index >= 15 is 0 Å². The molecule has 0 bridgehead atoms. The van der Waals surface area contributed by atoms with Crippen molar-refractivity contribution in [2.24, 2.45) is 0 Å². The topological polar surface area (TPSA) is 0 Å². The molecule has 0 aliphatic heterocycles. The second kappa shape index (κ2) is 5.21. The highest BCUT2D eigenvalue weighted by molar-refractivity contribution is 6.08. The van der Waals surface area contributed by atoms with Crippen molar-refractivity contribution in [3.63, 3.8) is 0 Å². The Morgan fingerprint density at radius 1 is 0.500 bits per heavy atom. The molecule has 0 aliphatic carbocycles. The molecule has 0 unspecified atom stereocenters. The molecule has 0 amide bonds. The zero-order valence-electron chi connectivity index (χ0n) is 13.2. The number of rotatable bonds is 1. The highest BCUT2D eigenvalue weighted by atomic mass is 14.1. The van der Waals surface area contributed by atoms with Crippen molar-refractivity contribution < 1.29 is 0 Å². The highest BCUT2D eigenvalue weighted by Crippen LogP contribution is 2.30. The van der Waals surface area contributed by atoms with E-state index in [2.05, 4.69) is 84.9 Å². The zero-order chi connectivity index (χ0) is 15.9. The maximum absolute atomic E-state index is 3.32. The van der Waals surface area contributed by atoms with Gasteiger partial charge in [0.15, 0.2) is 0 Å². The SMILES string of the molecule is [c]1cccc2ccc(-c3ccc4c(ccc5ccccc54)c3)cc12. The molecule has 5 rings (SSSR count). The third-order valence-corrected chi connectivity index (χ3v) is 4.74. The molecular formula is C24H15. The van der Waals surface area contributed by atoms with Gasteiger partial charge in [-0.15, -0.1) is 0 Å². The summed E-state index contributed by atoms with van der Waals surface area (Å²) in [7, 11) is 0. The van der Waals surface area contributed by atoms with E-state index in [1.807, 2.05) is 12.1 Å². The summed E-state index contributed by atoms with van der Waals surface area (Å²) in [6.45, 7) is 0. The normalized spacial score (nSPS) is 11.3. The van der Waals surface area contributed by atoms with E-state index in [1.54, 1.807) is 0 Å². The van der Waals surface area contributed by atoms with Crippen LogP contribution in [0.15, 0.2) is 91.0 Å². The summed E-state index contributed by atoms with van der Waals surface area (Å²) in [5.41, 5.74) is 2.48. The second-order valence-corrected chi connectivity index (χ2v) is 6.19. The van der Waals surface area contributed by atoms with Crippen LogP contribution < -0.4 is 0 Å². The summed E-state index contributed by atoms with van der Waals surface area (Å²) >= 11 is 0. The Labute approximate surface area is 141 Å². The molecular weight excluding hydrogens is 288 g/mol. The van der Waals surface area contributed by atoms with E-state index in [-0.39, 0.29) is 0 Å². The van der Waals surface area contributed by atoms with Gasteiger partial charge in [0.25, 0.3) is 0 Å². The summed E-state index contributed by atoms with van der Waals surface area (Å²) in [5, 5.41) is 7.58. The minimum atomic E-state index is 1.16. The zero-order valence-corrected chi connectivity index (χ0v) is 13.2. The lowest BCUT2D eigenvalue weighted by Crippen LogP contribution is -1.82. The predicted octanol–water partition coefficient (Wildman–Crippen LogP) is 6.61. The highest BCUT2D eigenvalue weighted by Gasteiger charge is 2.04. The lowest BCUT2D eigenvalue weighted by Gasteiger charge is -2.08. The quantitative estimate of drug-likeness (QED) is 0.305. The first-order valence-electron chi connectivity index (χ1n) is 8.21. The van der Waals surface area contributed by atoms with E-state index in [0.29, 0.717) is 0 Å². The van der Waals surface area contributed by atoms with Gasteiger partial charge in [-0.1, -0.05) is 78.9 Å². The summed E-state index contributed by atoms with van der Waals surface area (Å²) in [5.74, 6) is 0. The van der Waals surface area contributed by atoms with Crippen LogP contribution in [-0.4, -0.2) is 0 Å². The number of hydrogen-bond donors (Lipinski definition) is 0. The van der Waals surface area contributed by atoms with Crippen LogP contribution in [-0.2, 0) is 0 Å². The molecule has 0 saturated heterocycles. The molecule has 0 heterocycles. The van der Waals surface area contributed by atoms with Gasteiger partial charge in [0.2, 0.25) is 0 Å². The Bertz CT molecular complexity index is 1200. The molecule has 0 fully saturated rings. The van der Waals surface area contributed by atoms with Crippen LogP contribution in [0.1, 0.15) is 0 Å². The molecule has 24 heavy (non-hydrogen) atoms. The second-order valence-electron chi connectivity index (χ2n) is 6.19. The fraction of sp³-hybridized carbons (Fsp3) is 0. The first kappa shape index (κ1) is 13.3. The Hall–Kier alpha value is -3.12. The maximum atomic E-state index is 3.32. The molecule has 0 atom stereocenters. The van der Waals surface area contributed by atoms with E-state index in [0.717, 1.165) is 5.39 Å². The molecule has 0 nitrogen and oxygen atoms in total. The van der Waals surface area contributed by atoms with E-state index in [1.165, 1.54) is 38.1 Å². The standard InChI is InChI=1S/C24H15/c1-2-7-19-15-20(11-9-17(19)5-1)21-13-14-24-22(16-21)12-10-18-6-3-4-8-23(18)24/h1-6,8-16H. The molecule has 111 valence electrons. The van der Waals surface area contributed by atoms with Gasteiger partial charge in [0, 0.05) is 0 Å². The molecule has 0 saturated carbocycles. The Morgan fingerprint density at radius 2 is 1.21 bits per heavy atom. The molecule has 5 aromatic carbocycles. The average molecular weight is 303 g/mol. The monoisotopic (exact) mass is 303 g/mol. The summed E-state index contributed by atoms with van der Waals surface area (Å²) < 4.78 is 0. The third kappa shape index (κ3) is 2.08. The van der Waals surface area contributed by atoms with Crippen LogP contribution >= 0.6 is 0 Å². The van der Waals surface area contributed by atoms with Gasteiger partial charge in [0.1, 0.15) is 0 Å². The van der Waals surface area contributed by atoms with Crippen molar-refractivity contribution in [3.8, 4) is 11.1 Å². The maximum Gasteiger partial charge on any atom is -0.00990 e. The van der Waals surface area contributed by atoms with Gasteiger partial charge in [-0.2, -0.15) is 0 Å². The Kier molecular flexibility index (Phi) is 2.89. The van der Waals surface area contributed by atoms with Gasteiger partial charge >= 0.3 is 0 Å². The first-order valence-corrected chi connectivity index (χ1v) is 8.21. The molecule has 0 spiro atoms. The van der Waals surface area contributed by atoms with Crippen LogP contribution in [0.2, 0.25) is 0 Å². The van der Waals surface area contributed by atoms with Crippen LogP contribution in [0, 0.1) is 6.07 Å². The van der Waals surface area contributed by atoms with Crippen LogP contribution in [0.4, 0.5) is 0 Å². The largest absolute Gasteiger partial charge is 0.0616 e. The Balaban J connectivity index is 1.72. The van der Waals surface area contributed by atoms with Crippen molar-refractivity contribution in [2.45, 2.75) is 0 Å². The lowest BCUT2D eigenvalue weighted by molar-refractivity contribution is 1.67. The van der Waals surface area contributed by atoms with Crippen molar-refractivity contribution in [2.75, 3.05) is 0 Å². The van der Waals surface area contributed by atoms with E-state index in [4.69, 9.17) is 0 Å². The molecule has 0 aliphatic rings. The first-order chi connectivity index (χ1) is 11.9. The average Bonchev–Trinajstić information content (AvgIpc) is 2.67. The molecule has 0 heteroatoms. The number of hydrogen-bond acceptors (Lipinski definition) is 0. The van der Waals surface area contributed by atoms with Crippen molar-refractivity contribution in [1.29, 1.82) is 0 Å². The summed E-state index contributed by atoms with van der Waals surface area (Å²) in [6.07, 6.45) is 0. The van der Waals surface area contributed by atoms with Crippen LogP contribution in [0.25, 0.3) is 43.4 Å². The van der Waals surface area contributed by atoms with Gasteiger partial charge < -0.3 is 0 Å². The van der Waals surface area contributed by atoms with Crippen molar-refractivity contribution in [3.05, 3.63) is 97.1 Å². The van der Waals surface area contributed by atoms with Gasteiger partial charge in [-0.3, -0.25) is 0 Å². The number of fused-ring (bicyclic) bond motifs is 4. The number of benzene rings is 5. The van der Waals surface area contributed by atoms with Gasteiger partial charge in [-0.05, 0) is 61.6 Å². The lowest BCUT2D eigenvalue weighted by atomic mass is 9.96. The van der Waals surface area contributed by atoms with Crippen LogP contribution in [0.5, 0.6) is 0 Å². The fourth-order valence-corrected chi connectivity index (χ4v) is 3.49. The van der Waals surface area contributed by atoms with Crippen molar-refractivity contribution >= 4 is 32.3 Å². The van der Waals surface area contributed by atoms with Crippen LogP contribution in [0.3, 0.4) is 0 Å². The molecule has 1 radical (unpaired) electrons. The minimum absolute atomic E-state index is 1.16. The van der Waals surface area contributed by atoms with Gasteiger partial charge in [0.05, 0.1) is 0 Å². The summed E-state index contributed by atoms with van der Waals surface area (Å²) in [6, 6.07) is 35.8.